The predicted octanol–water partition coefficient (Wildman–Crippen LogP) is -0.594. The molecule has 0 aromatic carbocycles. The second-order valence-corrected chi connectivity index (χ2v) is 2.25. The summed E-state index contributed by atoms with van der Waals surface area (Å²) in [7, 11) is 1.79. The fourth-order valence-corrected chi connectivity index (χ4v) is 0.832. The number of hydrogen-bond donors (Lipinski definition) is 3. The van der Waals surface area contributed by atoms with Crippen molar-refractivity contribution in [3.05, 3.63) is 6.20 Å². The van der Waals surface area contributed by atoms with Crippen molar-refractivity contribution < 1.29 is 5.11 Å². The third-order valence-corrected chi connectivity index (χ3v) is 1.28. The Bertz CT molecular complexity index is 232. The number of nitrogens with zero attached hydrogens (tertiary/aromatic N) is 2. The van der Waals surface area contributed by atoms with E-state index in [1.807, 2.05) is 0 Å². The molecule has 1 aromatic rings. The monoisotopic (exact) mass is 156 g/mol. The summed E-state index contributed by atoms with van der Waals surface area (Å²) in [6.07, 6.45) is 1.77. The first kappa shape index (κ1) is 7.87. The van der Waals surface area contributed by atoms with E-state index >= 15 is 0 Å². The van der Waals surface area contributed by atoms with Crippen LogP contribution in [0, 0.1) is 0 Å². The highest BCUT2D eigenvalue weighted by Gasteiger charge is 2.00. The van der Waals surface area contributed by atoms with Crippen LogP contribution in [0.3, 0.4) is 0 Å². The van der Waals surface area contributed by atoms with Gasteiger partial charge in [0, 0.05) is 19.8 Å². The van der Waals surface area contributed by atoms with E-state index in [0.29, 0.717) is 12.4 Å². The fourth-order valence-electron chi connectivity index (χ4n) is 0.832. The molecule has 0 aliphatic heterocycles. The molecule has 62 valence electrons. The van der Waals surface area contributed by atoms with Crippen LogP contribution in [0.5, 0.6) is 0 Å². The summed E-state index contributed by atoms with van der Waals surface area (Å²) in [5.41, 5.74) is 6.27. The van der Waals surface area contributed by atoms with Gasteiger partial charge in [-0.05, 0) is 0 Å². The van der Waals surface area contributed by atoms with Crippen molar-refractivity contribution in [2.45, 2.75) is 0 Å². The van der Waals surface area contributed by atoms with Gasteiger partial charge in [-0.15, -0.1) is 0 Å². The maximum Gasteiger partial charge on any atom is 0.168 e. The molecular formula is C6H12N4O. The van der Waals surface area contributed by atoms with Crippen LogP contribution < -0.4 is 11.1 Å². The van der Waals surface area contributed by atoms with E-state index in [0.717, 1.165) is 5.69 Å². The highest BCUT2D eigenvalue weighted by Crippen LogP contribution is 2.13. The Morgan fingerprint density at radius 2 is 2.55 bits per heavy atom. The Kier molecular flexibility index (Phi) is 2.32. The van der Waals surface area contributed by atoms with E-state index in [1.54, 1.807) is 17.9 Å². The van der Waals surface area contributed by atoms with Crippen LogP contribution in [0.1, 0.15) is 0 Å². The highest BCUT2D eigenvalue weighted by molar-refractivity contribution is 5.60. The molecule has 0 spiro atoms. The number of nitrogens with one attached hydrogen (secondary N) is 1. The molecule has 0 fully saturated rings. The van der Waals surface area contributed by atoms with Crippen LogP contribution in [-0.4, -0.2) is 28.0 Å². The molecule has 0 atom stereocenters. The molecule has 0 aliphatic carbocycles. The molecule has 1 aromatic heterocycles. The third-order valence-electron chi connectivity index (χ3n) is 1.28. The van der Waals surface area contributed by atoms with Gasteiger partial charge in [0.25, 0.3) is 0 Å². The Morgan fingerprint density at radius 1 is 1.82 bits per heavy atom. The molecule has 0 saturated heterocycles. The van der Waals surface area contributed by atoms with Crippen molar-refractivity contribution in [2.75, 3.05) is 24.2 Å². The largest absolute Gasteiger partial charge is 0.395 e. The van der Waals surface area contributed by atoms with Crippen molar-refractivity contribution >= 4 is 11.5 Å². The molecule has 11 heavy (non-hydrogen) atoms. The number of rotatable bonds is 3. The lowest BCUT2D eigenvalue weighted by Gasteiger charge is -1.99. The van der Waals surface area contributed by atoms with Crippen molar-refractivity contribution in [3.63, 3.8) is 0 Å². The number of hydrogen-bond acceptors (Lipinski definition) is 4. The van der Waals surface area contributed by atoms with Crippen molar-refractivity contribution in [2.24, 2.45) is 7.05 Å². The summed E-state index contributed by atoms with van der Waals surface area (Å²) >= 11 is 0. The number of aryl methyl sites for hydroxylation is 1. The van der Waals surface area contributed by atoms with Gasteiger partial charge < -0.3 is 16.2 Å². The third kappa shape index (κ3) is 1.84. The van der Waals surface area contributed by atoms with Crippen LogP contribution in [0.4, 0.5) is 11.5 Å². The average Bonchev–Trinajstić information content (AvgIpc) is 2.26. The lowest BCUT2D eigenvalue weighted by molar-refractivity contribution is 0.311. The maximum atomic E-state index is 8.49. The Morgan fingerprint density at radius 3 is 3.00 bits per heavy atom. The van der Waals surface area contributed by atoms with Gasteiger partial charge in [0.05, 0.1) is 12.3 Å². The van der Waals surface area contributed by atoms with Crippen LogP contribution in [0.2, 0.25) is 0 Å². The zero-order valence-electron chi connectivity index (χ0n) is 6.41. The first-order chi connectivity index (χ1) is 5.24. The van der Waals surface area contributed by atoms with E-state index in [1.165, 1.54) is 0 Å². The van der Waals surface area contributed by atoms with Crippen molar-refractivity contribution in [3.8, 4) is 0 Å². The van der Waals surface area contributed by atoms with Crippen LogP contribution in [-0.2, 0) is 7.05 Å². The molecule has 0 amide bonds. The van der Waals surface area contributed by atoms with Gasteiger partial charge in [-0.2, -0.15) is 5.10 Å². The van der Waals surface area contributed by atoms with Gasteiger partial charge in [-0.3, -0.25) is 4.68 Å². The van der Waals surface area contributed by atoms with Gasteiger partial charge in [-0.1, -0.05) is 0 Å². The molecule has 4 N–H and O–H groups in total. The summed E-state index contributed by atoms with van der Waals surface area (Å²) in [5.74, 6) is 0.459. The summed E-state index contributed by atoms with van der Waals surface area (Å²) < 4.78 is 1.62. The van der Waals surface area contributed by atoms with Crippen LogP contribution in [0.25, 0.3) is 0 Å². The minimum Gasteiger partial charge on any atom is -0.395 e. The van der Waals surface area contributed by atoms with E-state index in [2.05, 4.69) is 10.4 Å². The van der Waals surface area contributed by atoms with Crippen molar-refractivity contribution in [1.29, 1.82) is 0 Å². The average molecular weight is 156 g/mol. The Balaban J connectivity index is 2.62. The number of nitrogens with two attached hydrogens (primary N) is 1. The molecular weight excluding hydrogens is 144 g/mol. The SMILES string of the molecule is Cn1cc(NCCO)c(N)n1. The quantitative estimate of drug-likeness (QED) is 0.546. The lowest BCUT2D eigenvalue weighted by Crippen LogP contribution is -2.06. The van der Waals surface area contributed by atoms with E-state index in [9.17, 15) is 0 Å². The first-order valence-electron chi connectivity index (χ1n) is 3.38. The molecule has 1 rings (SSSR count). The summed E-state index contributed by atoms with van der Waals surface area (Å²) in [4.78, 5) is 0. The lowest BCUT2D eigenvalue weighted by atomic mass is 10.5. The van der Waals surface area contributed by atoms with Gasteiger partial charge in [0.2, 0.25) is 0 Å². The molecule has 0 aliphatic rings. The highest BCUT2D eigenvalue weighted by atomic mass is 16.3. The maximum absolute atomic E-state index is 8.49. The van der Waals surface area contributed by atoms with Gasteiger partial charge >= 0.3 is 0 Å². The van der Waals surface area contributed by atoms with Crippen LogP contribution in [0.15, 0.2) is 6.20 Å². The molecule has 0 bridgehead atoms. The predicted molar refractivity (Wildman–Crippen MR) is 43.2 cm³/mol. The number of anilines is 2. The minimum absolute atomic E-state index is 0.0916. The Hall–Kier alpha value is -1.23. The molecule has 1 heterocycles. The molecule has 5 nitrogen and oxygen atoms in total. The smallest absolute Gasteiger partial charge is 0.168 e. The van der Waals surface area contributed by atoms with Gasteiger partial charge in [0.15, 0.2) is 5.82 Å². The molecule has 0 radical (unpaired) electrons. The Labute approximate surface area is 64.8 Å². The van der Waals surface area contributed by atoms with Crippen LogP contribution >= 0.6 is 0 Å². The summed E-state index contributed by atoms with van der Waals surface area (Å²) in [6, 6.07) is 0. The van der Waals surface area contributed by atoms with E-state index < -0.39 is 0 Å². The summed E-state index contributed by atoms with van der Waals surface area (Å²) in [6.45, 7) is 0.588. The van der Waals surface area contributed by atoms with Gasteiger partial charge in [-0.25, -0.2) is 0 Å². The fraction of sp³-hybridized carbons (Fsp3) is 0.500. The second-order valence-electron chi connectivity index (χ2n) is 2.25. The number of aliphatic hydroxyl groups is 1. The number of aromatic nitrogens is 2. The molecule has 0 saturated carbocycles. The standard InChI is InChI=1S/C6H12N4O/c1-10-4-5(6(7)9-10)8-2-3-11/h4,8,11H,2-3H2,1H3,(H2,7,9). The topological polar surface area (TPSA) is 76.1 Å². The summed E-state index contributed by atoms with van der Waals surface area (Å²) in [5, 5.41) is 15.3. The molecule has 5 heteroatoms. The number of aliphatic hydroxyl groups excluding tert-OH is 1. The van der Waals surface area contributed by atoms with Crippen molar-refractivity contribution in [1.82, 2.24) is 9.78 Å². The van der Waals surface area contributed by atoms with Gasteiger partial charge in [0.1, 0.15) is 0 Å². The first-order valence-corrected chi connectivity index (χ1v) is 3.38. The second kappa shape index (κ2) is 3.25. The molecule has 0 unspecified atom stereocenters. The van der Waals surface area contributed by atoms with E-state index in [-0.39, 0.29) is 6.61 Å². The zero-order chi connectivity index (χ0) is 8.27. The zero-order valence-corrected chi connectivity index (χ0v) is 6.41. The normalized spacial score (nSPS) is 10.0. The minimum atomic E-state index is 0.0916. The number of nitrogen functional groups attached to an aromatic ring is 1. The van der Waals surface area contributed by atoms with E-state index in [4.69, 9.17) is 10.8 Å².